The lowest BCUT2D eigenvalue weighted by molar-refractivity contribution is -0.385. The number of nitro groups is 1. The zero-order chi connectivity index (χ0) is 17.9. The number of hydrogen-bond donors (Lipinski definition) is 0. The van der Waals surface area contributed by atoms with Gasteiger partial charge in [-0.15, -0.1) is 0 Å². The van der Waals surface area contributed by atoms with Crippen molar-refractivity contribution >= 4 is 11.8 Å². The Hall–Kier alpha value is -2.31. The van der Waals surface area contributed by atoms with Gasteiger partial charge in [0.05, 0.1) is 11.0 Å². The van der Waals surface area contributed by atoms with E-state index in [4.69, 9.17) is 9.47 Å². The van der Waals surface area contributed by atoms with Crippen LogP contribution in [0.3, 0.4) is 0 Å². The zero-order valence-electron chi connectivity index (χ0n) is 14.6. The molecule has 0 aliphatic carbocycles. The molecule has 0 atom stereocenters. The number of aryl methyl sites for hydroxylation is 1. The molecular weight excluding hydrogens is 312 g/mol. The highest BCUT2D eigenvalue weighted by Crippen LogP contribution is 2.27. The van der Waals surface area contributed by atoms with Crippen molar-refractivity contribution in [3.05, 3.63) is 33.9 Å². The van der Waals surface area contributed by atoms with Gasteiger partial charge in [-0.1, -0.05) is 0 Å². The van der Waals surface area contributed by atoms with Crippen molar-refractivity contribution in [3.8, 4) is 5.75 Å². The van der Waals surface area contributed by atoms with Crippen LogP contribution >= 0.6 is 0 Å². The van der Waals surface area contributed by atoms with Crippen LogP contribution in [0.25, 0.3) is 0 Å². The van der Waals surface area contributed by atoms with Gasteiger partial charge in [-0.05, 0) is 39.3 Å². The van der Waals surface area contributed by atoms with Crippen LogP contribution in [-0.4, -0.2) is 40.7 Å². The first-order valence-corrected chi connectivity index (χ1v) is 8.05. The Morgan fingerprint density at radius 1 is 1.29 bits per heavy atom. The fourth-order valence-electron chi connectivity index (χ4n) is 2.49. The number of likely N-dealkylation sites (tertiary alicyclic amines) is 1. The van der Waals surface area contributed by atoms with Gasteiger partial charge in [0.2, 0.25) is 0 Å². The molecule has 1 fully saturated rings. The maximum absolute atomic E-state index is 12.0. The molecular formula is C17H24N2O5. The number of nitrogens with zero attached hydrogens (tertiary/aromatic N) is 2. The van der Waals surface area contributed by atoms with Gasteiger partial charge >= 0.3 is 6.09 Å². The summed E-state index contributed by atoms with van der Waals surface area (Å²) in [6.45, 7) is 8.47. The molecule has 0 N–H and O–H groups in total. The van der Waals surface area contributed by atoms with Gasteiger partial charge in [0.15, 0.2) is 0 Å². The van der Waals surface area contributed by atoms with E-state index in [0.717, 1.165) is 5.56 Å². The van der Waals surface area contributed by atoms with E-state index >= 15 is 0 Å². The molecule has 0 saturated carbocycles. The number of hydrogen-bond acceptors (Lipinski definition) is 5. The average Bonchev–Trinajstić information content (AvgIpc) is 2.48. The number of benzene rings is 1. The first-order chi connectivity index (χ1) is 11.2. The van der Waals surface area contributed by atoms with Crippen molar-refractivity contribution in [2.75, 3.05) is 13.1 Å². The minimum absolute atomic E-state index is 0.0155. The van der Waals surface area contributed by atoms with Crippen LogP contribution in [0.2, 0.25) is 0 Å². The SMILES string of the molecule is Cc1ccc([N+](=O)[O-])cc1OC1CCN(C(=O)OC(C)(C)C)CC1. The summed E-state index contributed by atoms with van der Waals surface area (Å²) < 4.78 is 11.3. The molecule has 0 spiro atoms. The molecule has 0 aromatic heterocycles. The fraction of sp³-hybridized carbons (Fsp3) is 0.588. The molecule has 0 bridgehead atoms. The van der Waals surface area contributed by atoms with Crippen molar-refractivity contribution in [2.24, 2.45) is 0 Å². The molecule has 1 aliphatic rings. The number of ether oxygens (including phenoxy) is 2. The van der Waals surface area contributed by atoms with Gasteiger partial charge in [-0.2, -0.15) is 0 Å². The Morgan fingerprint density at radius 2 is 1.92 bits per heavy atom. The average molecular weight is 336 g/mol. The van der Waals surface area contributed by atoms with Crippen LogP contribution in [0.5, 0.6) is 5.75 Å². The molecule has 0 radical (unpaired) electrons. The summed E-state index contributed by atoms with van der Waals surface area (Å²) in [4.78, 5) is 24.2. The Balaban J connectivity index is 1.93. The van der Waals surface area contributed by atoms with Gasteiger partial charge in [0.25, 0.3) is 5.69 Å². The van der Waals surface area contributed by atoms with Crippen LogP contribution in [0.15, 0.2) is 18.2 Å². The third-order valence-corrected chi connectivity index (χ3v) is 3.77. The molecule has 7 heteroatoms. The summed E-state index contributed by atoms with van der Waals surface area (Å²) >= 11 is 0. The number of amides is 1. The first-order valence-electron chi connectivity index (χ1n) is 8.05. The highest BCUT2D eigenvalue weighted by molar-refractivity contribution is 5.68. The number of non-ortho nitro benzene ring substituents is 1. The predicted octanol–water partition coefficient (Wildman–Crippen LogP) is 3.68. The Bertz CT molecular complexity index is 616. The van der Waals surface area contributed by atoms with Gasteiger partial charge < -0.3 is 14.4 Å². The second kappa shape index (κ2) is 7.07. The van der Waals surface area contributed by atoms with Crippen molar-refractivity contribution in [1.82, 2.24) is 4.90 Å². The molecule has 1 aliphatic heterocycles. The summed E-state index contributed by atoms with van der Waals surface area (Å²) in [5, 5.41) is 10.9. The predicted molar refractivity (Wildman–Crippen MR) is 89.3 cm³/mol. The lowest BCUT2D eigenvalue weighted by Crippen LogP contribution is -2.44. The number of piperidine rings is 1. The van der Waals surface area contributed by atoms with Crippen LogP contribution in [0, 0.1) is 17.0 Å². The highest BCUT2D eigenvalue weighted by atomic mass is 16.6. The van der Waals surface area contributed by atoms with E-state index in [2.05, 4.69) is 0 Å². The van der Waals surface area contributed by atoms with E-state index in [1.807, 2.05) is 27.7 Å². The van der Waals surface area contributed by atoms with Gasteiger partial charge in [-0.25, -0.2) is 4.79 Å². The quantitative estimate of drug-likeness (QED) is 0.621. The van der Waals surface area contributed by atoms with E-state index in [1.54, 1.807) is 11.0 Å². The fourth-order valence-corrected chi connectivity index (χ4v) is 2.49. The Labute approximate surface area is 141 Å². The minimum atomic E-state index is -0.509. The normalized spacial score (nSPS) is 15.9. The van der Waals surface area contributed by atoms with Crippen molar-refractivity contribution < 1.29 is 19.2 Å². The summed E-state index contributed by atoms with van der Waals surface area (Å²) in [5.41, 5.74) is 0.363. The van der Waals surface area contributed by atoms with Crippen molar-refractivity contribution in [2.45, 2.75) is 52.2 Å². The second-order valence-corrected chi connectivity index (χ2v) is 6.99. The van der Waals surface area contributed by atoms with Gasteiger partial charge in [-0.3, -0.25) is 10.1 Å². The minimum Gasteiger partial charge on any atom is -0.490 e. The standard InChI is InChI=1S/C17H24N2O5/c1-12-5-6-13(19(21)22)11-15(12)23-14-7-9-18(10-8-14)16(20)24-17(2,3)4/h5-6,11,14H,7-10H2,1-4H3. The van der Waals surface area contributed by atoms with E-state index in [9.17, 15) is 14.9 Å². The summed E-state index contributed by atoms with van der Waals surface area (Å²) in [7, 11) is 0. The van der Waals surface area contributed by atoms with Crippen LogP contribution in [0.1, 0.15) is 39.2 Å². The topological polar surface area (TPSA) is 81.9 Å². The maximum atomic E-state index is 12.0. The van der Waals surface area contributed by atoms with Gasteiger partial charge in [0.1, 0.15) is 17.5 Å². The third-order valence-electron chi connectivity index (χ3n) is 3.77. The number of carbonyl (C=O) groups excluding carboxylic acids is 1. The second-order valence-electron chi connectivity index (χ2n) is 6.99. The lowest BCUT2D eigenvalue weighted by atomic mass is 10.1. The molecule has 1 aromatic rings. The zero-order valence-corrected chi connectivity index (χ0v) is 14.6. The van der Waals surface area contributed by atoms with E-state index in [0.29, 0.717) is 31.7 Å². The maximum Gasteiger partial charge on any atom is 0.410 e. The number of carbonyl (C=O) groups is 1. The first kappa shape index (κ1) is 18.0. The smallest absolute Gasteiger partial charge is 0.410 e. The molecule has 1 aromatic carbocycles. The van der Waals surface area contributed by atoms with Crippen LogP contribution < -0.4 is 4.74 Å². The van der Waals surface area contributed by atoms with Crippen molar-refractivity contribution in [1.29, 1.82) is 0 Å². The Kier molecular flexibility index (Phi) is 5.31. The number of rotatable bonds is 3. The molecule has 132 valence electrons. The van der Waals surface area contributed by atoms with E-state index in [1.165, 1.54) is 12.1 Å². The van der Waals surface area contributed by atoms with E-state index in [-0.39, 0.29) is 17.9 Å². The lowest BCUT2D eigenvalue weighted by Gasteiger charge is -2.33. The van der Waals surface area contributed by atoms with Gasteiger partial charge in [0, 0.05) is 32.0 Å². The molecule has 1 amide bonds. The molecule has 24 heavy (non-hydrogen) atoms. The largest absolute Gasteiger partial charge is 0.490 e. The monoisotopic (exact) mass is 336 g/mol. The molecule has 1 saturated heterocycles. The van der Waals surface area contributed by atoms with Crippen LogP contribution in [0.4, 0.5) is 10.5 Å². The van der Waals surface area contributed by atoms with Crippen molar-refractivity contribution in [3.63, 3.8) is 0 Å². The highest BCUT2D eigenvalue weighted by Gasteiger charge is 2.28. The van der Waals surface area contributed by atoms with Crippen LogP contribution in [-0.2, 0) is 4.74 Å². The number of nitro benzene ring substituents is 1. The molecule has 1 heterocycles. The summed E-state index contributed by atoms with van der Waals surface area (Å²) in [5.74, 6) is 0.528. The molecule has 7 nitrogen and oxygen atoms in total. The molecule has 2 rings (SSSR count). The Morgan fingerprint density at radius 3 is 2.46 bits per heavy atom. The summed E-state index contributed by atoms with van der Waals surface area (Å²) in [6.07, 6.45) is 0.958. The molecule has 0 unspecified atom stereocenters. The van der Waals surface area contributed by atoms with E-state index < -0.39 is 10.5 Å². The summed E-state index contributed by atoms with van der Waals surface area (Å²) in [6, 6.07) is 4.60. The third kappa shape index (κ3) is 4.84.